The molecule has 0 atom stereocenters. The fourth-order valence-corrected chi connectivity index (χ4v) is 3.60. The van der Waals surface area contributed by atoms with Crippen LogP contribution in [0.3, 0.4) is 0 Å². The summed E-state index contributed by atoms with van der Waals surface area (Å²) >= 11 is 8.06. The number of aromatic amines is 1. The van der Waals surface area contributed by atoms with E-state index < -0.39 is 5.97 Å². The molecule has 0 bridgehead atoms. The van der Waals surface area contributed by atoms with Crippen LogP contribution in [-0.4, -0.2) is 42.1 Å². The molecule has 1 N–H and O–H groups in total. The van der Waals surface area contributed by atoms with Gasteiger partial charge in [-0.25, -0.2) is 4.79 Å². The third-order valence-electron chi connectivity index (χ3n) is 3.60. The van der Waals surface area contributed by atoms with Crippen molar-refractivity contribution in [2.75, 3.05) is 26.2 Å². The van der Waals surface area contributed by atoms with E-state index >= 15 is 0 Å². The van der Waals surface area contributed by atoms with Crippen molar-refractivity contribution in [3.63, 3.8) is 0 Å². The van der Waals surface area contributed by atoms with Gasteiger partial charge in [0.2, 0.25) is 0 Å². The number of esters is 1. The number of nitrogens with zero attached hydrogens (tertiary/aromatic N) is 1. The summed E-state index contributed by atoms with van der Waals surface area (Å²) in [6.45, 7) is 6.86. The van der Waals surface area contributed by atoms with Crippen LogP contribution >= 0.6 is 34.2 Å². The lowest BCUT2D eigenvalue weighted by atomic mass is 10.2. The van der Waals surface area contributed by atoms with Crippen LogP contribution in [0.15, 0.2) is 23.0 Å². The second kappa shape index (κ2) is 8.12. The second-order valence-corrected chi connectivity index (χ2v) is 6.62. The molecule has 1 aromatic carbocycles. The largest absolute Gasteiger partial charge is 0.460 e. The van der Waals surface area contributed by atoms with Crippen LogP contribution in [0.25, 0.3) is 10.9 Å². The summed E-state index contributed by atoms with van der Waals surface area (Å²) in [6, 6.07) is 4.62. The first-order chi connectivity index (χ1) is 11.0. The predicted octanol–water partition coefficient (Wildman–Crippen LogP) is 3.28. The molecule has 5 nitrogen and oxygen atoms in total. The van der Waals surface area contributed by atoms with Gasteiger partial charge in [0.15, 0.2) is 5.43 Å². The molecule has 0 fully saturated rings. The van der Waals surface area contributed by atoms with E-state index in [4.69, 9.17) is 16.3 Å². The van der Waals surface area contributed by atoms with Gasteiger partial charge in [-0.3, -0.25) is 4.79 Å². The maximum absolute atomic E-state index is 12.2. The van der Waals surface area contributed by atoms with Crippen molar-refractivity contribution in [2.45, 2.75) is 13.8 Å². The highest BCUT2D eigenvalue weighted by molar-refractivity contribution is 14.1. The Labute approximate surface area is 153 Å². The molecule has 0 amide bonds. The first-order valence-corrected chi connectivity index (χ1v) is 8.83. The number of aromatic nitrogens is 1. The number of fused-ring (bicyclic) bond motifs is 1. The minimum absolute atomic E-state index is 0.139. The Morgan fingerprint density at radius 1 is 1.30 bits per heavy atom. The fourth-order valence-electron chi connectivity index (χ4n) is 2.30. The normalized spacial score (nSPS) is 11.2. The Morgan fingerprint density at radius 2 is 2.00 bits per heavy atom. The van der Waals surface area contributed by atoms with Crippen molar-refractivity contribution < 1.29 is 9.53 Å². The van der Waals surface area contributed by atoms with E-state index in [9.17, 15) is 9.59 Å². The molecule has 0 aliphatic heterocycles. The number of hydrogen-bond acceptors (Lipinski definition) is 4. The molecule has 124 valence electrons. The lowest BCUT2D eigenvalue weighted by molar-refractivity contribution is 0.0460. The van der Waals surface area contributed by atoms with E-state index in [-0.39, 0.29) is 17.7 Å². The third-order valence-corrected chi connectivity index (χ3v) is 4.67. The zero-order valence-electron chi connectivity index (χ0n) is 13.0. The zero-order valence-corrected chi connectivity index (χ0v) is 15.9. The number of hydrogen-bond donors (Lipinski definition) is 1. The van der Waals surface area contributed by atoms with Gasteiger partial charge in [0.25, 0.3) is 0 Å². The maximum atomic E-state index is 12.2. The molecular weight excluding hydrogens is 431 g/mol. The Morgan fingerprint density at radius 3 is 2.65 bits per heavy atom. The van der Waals surface area contributed by atoms with E-state index in [1.54, 1.807) is 12.1 Å². The number of benzene rings is 1. The quantitative estimate of drug-likeness (QED) is 0.544. The lowest BCUT2D eigenvalue weighted by Crippen LogP contribution is -2.28. The number of carbonyl (C=O) groups excluding carboxylic acids is 1. The number of pyridine rings is 1. The Bertz CT molecular complexity index is 772. The third kappa shape index (κ3) is 4.45. The predicted molar refractivity (Wildman–Crippen MR) is 100 cm³/mol. The van der Waals surface area contributed by atoms with Crippen molar-refractivity contribution in [1.29, 1.82) is 0 Å². The van der Waals surface area contributed by atoms with E-state index in [0.717, 1.165) is 16.7 Å². The molecule has 2 aromatic rings. The molecule has 0 saturated carbocycles. The minimum Gasteiger partial charge on any atom is -0.460 e. The van der Waals surface area contributed by atoms with Crippen molar-refractivity contribution in [3.8, 4) is 0 Å². The van der Waals surface area contributed by atoms with Gasteiger partial charge in [-0.05, 0) is 47.8 Å². The van der Waals surface area contributed by atoms with E-state index in [0.29, 0.717) is 22.5 Å². The zero-order chi connectivity index (χ0) is 17.0. The molecule has 1 aromatic heterocycles. The average Bonchev–Trinajstić information content (AvgIpc) is 2.50. The number of likely N-dealkylation sites (N-methyl/N-ethyl adjacent to an activating group) is 1. The van der Waals surface area contributed by atoms with Crippen LogP contribution in [0, 0.1) is 3.57 Å². The lowest BCUT2D eigenvalue weighted by Gasteiger charge is -2.17. The topological polar surface area (TPSA) is 62.4 Å². The summed E-state index contributed by atoms with van der Waals surface area (Å²) in [5.41, 5.74) is 0.445. The molecule has 7 heteroatoms. The summed E-state index contributed by atoms with van der Waals surface area (Å²) in [6.07, 6.45) is 0. The number of halogens is 2. The molecule has 2 rings (SSSR count). The van der Waals surface area contributed by atoms with Crippen molar-refractivity contribution >= 4 is 51.1 Å². The molecule has 0 spiro atoms. The minimum atomic E-state index is -0.536. The van der Waals surface area contributed by atoms with Gasteiger partial charge in [-0.1, -0.05) is 25.4 Å². The van der Waals surface area contributed by atoms with Gasteiger partial charge in [0.1, 0.15) is 12.3 Å². The van der Waals surface area contributed by atoms with Gasteiger partial charge in [-0.2, -0.15) is 0 Å². The SMILES string of the molecule is CCN(CC)CCOC(=O)c1cc(=O)c2c(I)cc(Cl)cc2[nH]1. The molecule has 0 aliphatic carbocycles. The van der Waals surface area contributed by atoms with Gasteiger partial charge < -0.3 is 14.6 Å². The Hall–Kier alpha value is -1.12. The van der Waals surface area contributed by atoms with E-state index in [2.05, 4.69) is 46.3 Å². The molecule has 0 aliphatic rings. The monoisotopic (exact) mass is 448 g/mol. The van der Waals surface area contributed by atoms with Gasteiger partial charge in [0, 0.05) is 21.2 Å². The molecule has 0 saturated heterocycles. The van der Waals surface area contributed by atoms with E-state index in [1.807, 2.05) is 0 Å². The summed E-state index contributed by atoms with van der Waals surface area (Å²) in [5, 5.41) is 1.03. The Kier molecular flexibility index (Phi) is 6.43. The van der Waals surface area contributed by atoms with Crippen molar-refractivity contribution in [3.05, 3.63) is 42.7 Å². The summed E-state index contributed by atoms with van der Waals surface area (Å²) < 4.78 is 5.98. The molecule has 0 unspecified atom stereocenters. The first-order valence-electron chi connectivity index (χ1n) is 7.37. The average molecular weight is 449 g/mol. The van der Waals surface area contributed by atoms with Crippen LogP contribution in [0.1, 0.15) is 24.3 Å². The summed E-state index contributed by atoms with van der Waals surface area (Å²) in [4.78, 5) is 29.4. The Balaban J connectivity index is 2.20. The molecule has 1 heterocycles. The number of ether oxygens (including phenoxy) is 1. The van der Waals surface area contributed by atoms with Crippen LogP contribution in [0.2, 0.25) is 5.02 Å². The van der Waals surface area contributed by atoms with Crippen molar-refractivity contribution in [1.82, 2.24) is 9.88 Å². The van der Waals surface area contributed by atoms with E-state index in [1.165, 1.54) is 6.07 Å². The molecule has 0 radical (unpaired) electrons. The second-order valence-electron chi connectivity index (χ2n) is 5.02. The highest BCUT2D eigenvalue weighted by atomic mass is 127. The highest BCUT2D eigenvalue weighted by Gasteiger charge is 2.13. The van der Waals surface area contributed by atoms with Gasteiger partial charge in [0.05, 0.1) is 10.9 Å². The summed E-state index contributed by atoms with van der Waals surface area (Å²) in [7, 11) is 0. The van der Waals surface area contributed by atoms with Crippen LogP contribution in [0.4, 0.5) is 0 Å². The van der Waals surface area contributed by atoms with Crippen LogP contribution < -0.4 is 5.43 Å². The van der Waals surface area contributed by atoms with Gasteiger partial charge >= 0.3 is 5.97 Å². The highest BCUT2D eigenvalue weighted by Crippen LogP contribution is 2.22. The summed E-state index contributed by atoms with van der Waals surface area (Å²) in [5.74, 6) is -0.536. The van der Waals surface area contributed by atoms with Gasteiger partial charge in [-0.15, -0.1) is 0 Å². The smallest absolute Gasteiger partial charge is 0.354 e. The maximum Gasteiger partial charge on any atom is 0.354 e. The first kappa shape index (κ1) is 18.2. The number of rotatable bonds is 6. The number of carbonyl (C=O) groups is 1. The number of H-pyrrole nitrogens is 1. The van der Waals surface area contributed by atoms with Crippen molar-refractivity contribution in [2.24, 2.45) is 0 Å². The fraction of sp³-hybridized carbons (Fsp3) is 0.375. The molecule has 23 heavy (non-hydrogen) atoms. The molecular formula is C16H18ClIN2O3. The standard InChI is InChI=1S/C16H18ClIN2O3/c1-3-20(4-2)5-6-23-16(22)13-9-14(21)15-11(18)7-10(17)8-12(15)19-13/h7-9H,3-6H2,1-2H3,(H,19,21). The van der Waals surface area contributed by atoms with Crippen LogP contribution in [0.5, 0.6) is 0 Å². The number of nitrogens with one attached hydrogen (secondary N) is 1. The van der Waals surface area contributed by atoms with Crippen LogP contribution in [-0.2, 0) is 4.74 Å².